The van der Waals surface area contributed by atoms with Crippen LogP contribution in [0, 0.1) is 0 Å². The zero-order valence-corrected chi connectivity index (χ0v) is 12.3. The van der Waals surface area contributed by atoms with Gasteiger partial charge in [0, 0.05) is 30.2 Å². The van der Waals surface area contributed by atoms with Gasteiger partial charge < -0.3 is 4.90 Å². The maximum Gasteiger partial charge on any atom is 0.322 e. The van der Waals surface area contributed by atoms with Crippen LogP contribution < -0.4 is 5.32 Å². The molecule has 0 spiro atoms. The Hall–Kier alpha value is -1.59. The van der Waals surface area contributed by atoms with Crippen molar-refractivity contribution < 1.29 is 4.79 Å². The number of aromatic nitrogens is 1. The molecule has 0 atom stereocenters. The summed E-state index contributed by atoms with van der Waals surface area (Å²) in [6.45, 7) is 2.58. The van der Waals surface area contributed by atoms with Crippen molar-refractivity contribution in [3.05, 3.63) is 35.4 Å². The summed E-state index contributed by atoms with van der Waals surface area (Å²) in [7, 11) is 1.75. The molecule has 1 heterocycles. The molecule has 0 bridgehead atoms. The highest BCUT2D eigenvalue weighted by molar-refractivity contribution is 7.10. The van der Waals surface area contributed by atoms with Gasteiger partial charge in [-0.3, -0.25) is 5.32 Å². The van der Waals surface area contributed by atoms with Crippen LogP contribution in [0.15, 0.2) is 30.3 Å². The molecule has 100 valence electrons. The van der Waals surface area contributed by atoms with Crippen molar-refractivity contribution >= 4 is 34.2 Å². The van der Waals surface area contributed by atoms with Crippen molar-refractivity contribution in [2.45, 2.75) is 6.92 Å². The van der Waals surface area contributed by atoms with Crippen molar-refractivity contribution in [3.8, 4) is 11.3 Å². The average molecular weight is 296 g/mol. The van der Waals surface area contributed by atoms with Gasteiger partial charge in [-0.25, -0.2) is 4.79 Å². The number of nitrogens with one attached hydrogen (secondary N) is 1. The number of nitrogens with zero attached hydrogens (tertiary/aromatic N) is 2. The minimum Gasteiger partial charge on any atom is -0.328 e. The Morgan fingerprint density at radius 3 is 2.74 bits per heavy atom. The fourth-order valence-corrected chi connectivity index (χ4v) is 2.21. The summed E-state index contributed by atoms with van der Waals surface area (Å²) in [5.41, 5.74) is 1.81. The minimum atomic E-state index is -0.131. The summed E-state index contributed by atoms with van der Waals surface area (Å²) in [6, 6.07) is 9.17. The molecule has 0 saturated carbocycles. The van der Waals surface area contributed by atoms with Gasteiger partial charge >= 0.3 is 6.03 Å². The standard InChI is InChI=1S/C13H14ClN3OS/c1-3-17(2)13(18)15-12-8-11(16-19-12)9-4-6-10(14)7-5-9/h4-8H,3H2,1-2H3,(H,15,18). The summed E-state index contributed by atoms with van der Waals surface area (Å²) in [5.74, 6) is 0. The lowest BCUT2D eigenvalue weighted by Gasteiger charge is -2.13. The molecular formula is C13H14ClN3OS. The van der Waals surface area contributed by atoms with Crippen molar-refractivity contribution in [2.75, 3.05) is 18.9 Å². The van der Waals surface area contributed by atoms with E-state index in [1.807, 2.05) is 37.3 Å². The first kappa shape index (κ1) is 13.8. The maximum atomic E-state index is 11.7. The van der Waals surface area contributed by atoms with Crippen molar-refractivity contribution in [2.24, 2.45) is 0 Å². The number of hydrogen-bond acceptors (Lipinski definition) is 3. The largest absolute Gasteiger partial charge is 0.328 e. The number of urea groups is 1. The van der Waals surface area contributed by atoms with Crippen LogP contribution in [0.25, 0.3) is 11.3 Å². The van der Waals surface area contributed by atoms with Crippen LogP contribution in [-0.4, -0.2) is 28.9 Å². The highest BCUT2D eigenvalue weighted by Crippen LogP contribution is 2.26. The molecule has 0 saturated heterocycles. The summed E-state index contributed by atoms with van der Waals surface area (Å²) < 4.78 is 4.32. The fourth-order valence-electron chi connectivity index (χ4n) is 1.44. The van der Waals surface area contributed by atoms with Crippen LogP contribution in [0.3, 0.4) is 0 Å². The molecular weight excluding hydrogens is 282 g/mol. The Morgan fingerprint density at radius 2 is 2.11 bits per heavy atom. The number of amides is 2. The van der Waals surface area contributed by atoms with E-state index in [1.165, 1.54) is 11.5 Å². The van der Waals surface area contributed by atoms with Crippen LogP contribution in [0.1, 0.15) is 6.92 Å². The molecule has 0 aliphatic heterocycles. The van der Waals surface area contributed by atoms with Crippen LogP contribution in [-0.2, 0) is 0 Å². The number of anilines is 1. The molecule has 6 heteroatoms. The van der Waals surface area contributed by atoms with E-state index in [0.717, 1.165) is 16.3 Å². The van der Waals surface area contributed by atoms with Gasteiger partial charge in [-0.05, 0) is 30.6 Å². The van der Waals surface area contributed by atoms with Gasteiger partial charge in [-0.1, -0.05) is 23.7 Å². The Kier molecular flexibility index (Phi) is 4.39. The highest BCUT2D eigenvalue weighted by atomic mass is 35.5. The van der Waals surface area contributed by atoms with E-state index in [9.17, 15) is 4.79 Å². The van der Waals surface area contributed by atoms with Crippen LogP contribution >= 0.6 is 23.1 Å². The summed E-state index contributed by atoms with van der Waals surface area (Å²) >= 11 is 7.11. The van der Waals surface area contributed by atoms with E-state index in [0.29, 0.717) is 11.6 Å². The summed E-state index contributed by atoms with van der Waals surface area (Å²) in [4.78, 5) is 13.3. The predicted molar refractivity (Wildman–Crippen MR) is 79.9 cm³/mol. The highest BCUT2D eigenvalue weighted by Gasteiger charge is 2.10. The van der Waals surface area contributed by atoms with E-state index < -0.39 is 0 Å². The van der Waals surface area contributed by atoms with Crippen molar-refractivity contribution in [1.29, 1.82) is 0 Å². The molecule has 0 radical (unpaired) electrons. The maximum absolute atomic E-state index is 11.7. The zero-order valence-electron chi connectivity index (χ0n) is 10.7. The van der Waals surface area contributed by atoms with Gasteiger partial charge in [0.05, 0.1) is 5.69 Å². The number of benzene rings is 1. The number of carbonyl (C=O) groups is 1. The molecule has 2 amide bonds. The molecule has 2 rings (SSSR count). The second-order valence-corrected chi connectivity index (χ2v) is 5.27. The van der Waals surface area contributed by atoms with Gasteiger partial charge in [0.2, 0.25) is 0 Å². The summed E-state index contributed by atoms with van der Waals surface area (Å²) in [6.07, 6.45) is 0. The molecule has 0 aliphatic carbocycles. The van der Waals surface area contributed by atoms with Crippen LogP contribution in [0.4, 0.5) is 9.80 Å². The normalized spacial score (nSPS) is 10.3. The number of carbonyl (C=O) groups excluding carboxylic acids is 1. The van der Waals surface area contributed by atoms with Crippen molar-refractivity contribution in [3.63, 3.8) is 0 Å². The van der Waals surface area contributed by atoms with E-state index in [-0.39, 0.29) is 6.03 Å². The number of rotatable bonds is 3. The Morgan fingerprint density at radius 1 is 1.42 bits per heavy atom. The molecule has 0 unspecified atom stereocenters. The predicted octanol–water partition coefficient (Wildman–Crippen LogP) is 3.95. The first-order valence-corrected chi connectivity index (χ1v) is 7.00. The van der Waals surface area contributed by atoms with E-state index in [4.69, 9.17) is 11.6 Å². The fraction of sp³-hybridized carbons (Fsp3) is 0.231. The molecule has 1 N–H and O–H groups in total. The lowest BCUT2D eigenvalue weighted by Crippen LogP contribution is -2.30. The van der Waals surface area contributed by atoms with Crippen LogP contribution in [0.5, 0.6) is 0 Å². The number of halogens is 1. The Balaban J connectivity index is 2.11. The van der Waals surface area contributed by atoms with Crippen molar-refractivity contribution in [1.82, 2.24) is 9.27 Å². The monoisotopic (exact) mass is 295 g/mol. The molecule has 2 aromatic rings. The van der Waals surface area contributed by atoms with Gasteiger partial charge in [0.15, 0.2) is 0 Å². The topological polar surface area (TPSA) is 45.2 Å². The minimum absolute atomic E-state index is 0.131. The van der Waals surface area contributed by atoms with Crippen LogP contribution in [0.2, 0.25) is 5.02 Å². The molecule has 1 aromatic carbocycles. The Labute approximate surface area is 121 Å². The molecule has 0 fully saturated rings. The smallest absolute Gasteiger partial charge is 0.322 e. The lowest BCUT2D eigenvalue weighted by atomic mass is 10.1. The molecule has 1 aromatic heterocycles. The molecule has 19 heavy (non-hydrogen) atoms. The number of hydrogen-bond donors (Lipinski definition) is 1. The lowest BCUT2D eigenvalue weighted by molar-refractivity contribution is 0.225. The third-order valence-corrected chi connectivity index (χ3v) is 3.66. The third kappa shape index (κ3) is 3.45. The molecule has 0 aliphatic rings. The van der Waals surface area contributed by atoms with Gasteiger partial charge in [0.1, 0.15) is 5.00 Å². The van der Waals surface area contributed by atoms with Gasteiger partial charge in [0.25, 0.3) is 0 Å². The SMILES string of the molecule is CCN(C)C(=O)Nc1cc(-c2ccc(Cl)cc2)ns1. The molecule has 4 nitrogen and oxygen atoms in total. The quantitative estimate of drug-likeness (QED) is 0.932. The average Bonchev–Trinajstić information content (AvgIpc) is 2.87. The summed E-state index contributed by atoms with van der Waals surface area (Å²) in [5, 5.41) is 4.23. The van der Waals surface area contributed by atoms with E-state index in [2.05, 4.69) is 9.69 Å². The van der Waals surface area contributed by atoms with Gasteiger partial charge in [-0.15, -0.1) is 0 Å². The Bertz CT molecular complexity index is 568. The first-order valence-electron chi connectivity index (χ1n) is 5.85. The van der Waals surface area contributed by atoms with E-state index in [1.54, 1.807) is 11.9 Å². The van der Waals surface area contributed by atoms with E-state index >= 15 is 0 Å². The second-order valence-electron chi connectivity index (χ2n) is 4.03. The second kappa shape index (κ2) is 6.04. The zero-order chi connectivity index (χ0) is 13.8. The van der Waals surface area contributed by atoms with Gasteiger partial charge in [-0.2, -0.15) is 4.37 Å². The first-order chi connectivity index (χ1) is 9.10. The third-order valence-electron chi connectivity index (χ3n) is 2.70.